The molecule has 20 heavy (non-hydrogen) atoms. The highest BCUT2D eigenvalue weighted by molar-refractivity contribution is 5.69. The summed E-state index contributed by atoms with van der Waals surface area (Å²) in [5.41, 5.74) is 2.73. The van der Waals surface area contributed by atoms with E-state index in [0.717, 1.165) is 17.0 Å². The van der Waals surface area contributed by atoms with Crippen molar-refractivity contribution in [2.24, 2.45) is 13.0 Å². The lowest BCUT2D eigenvalue weighted by atomic mass is 10.1. The van der Waals surface area contributed by atoms with E-state index < -0.39 is 11.9 Å². The molecule has 2 rings (SSSR count). The summed E-state index contributed by atoms with van der Waals surface area (Å²) in [7, 11) is 1.87. The molecule has 0 aromatic carbocycles. The number of carboxylic acids is 1. The second kappa shape index (κ2) is 5.40. The predicted molar refractivity (Wildman–Crippen MR) is 70.9 cm³/mol. The zero-order valence-corrected chi connectivity index (χ0v) is 12.0. The molecule has 108 valence electrons. The molecule has 0 aliphatic rings. The molecule has 0 saturated heterocycles. The van der Waals surface area contributed by atoms with Crippen LogP contribution in [0.25, 0.3) is 11.4 Å². The Bertz CT molecular complexity index is 630. The van der Waals surface area contributed by atoms with Crippen molar-refractivity contribution >= 4 is 5.97 Å². The van der Waals surface area contributed by atoms with E-state index in [-0.39, 0.29) is 0 Å². The molecule has 0 amide bonds. The van der Waals surface area contributed by atoms with Gasteiger partial charge in [0.25, 0.3) is 0 Å². The number of nitrogens with zero attached hydrogens (tertiary/aromatic N) is 6. The van der Waals surface area contributed by atoms with Gasteiger partial charge in [0, 0.05) is 19.3 Å². The topological polar surface area (TPSA) is 98.7 Å². The predicted octanol–water partition coefficient (Wildman–Crippen LogP) is 0.801. The molecule has 1 N–H and O–H groups in total. The van der Waals surface area contributed by atoms with Crippen LogP contribution in [-0.4, -0.2) is 41.1 Å². The number of hydrogen-bond donors (Lipinski definition) is 1. The molecule has 2 aromatic heterocycles. The monoisotopic (exact) mass is 278 g/mol. The summed E-state index contributed by atoms with van der Waals surface area (Å²) >= 11 is 0. The van der Waals surface area contributed by atoms with Crippen molar-refractivity contribution in [2.45, 2.75) is 33.7 Å². The van der Waals surface area contributed by atoms with Gasteiger partial charge in [-0.25, -0.2) is 4.68 Å². The van der Waals surface area contributed by atoms with E-state index in [1.54, 1.807) is 16.3 Å². The van der Waals surface area contributed by atoms with Gasteiger partial charge in [-0.3, -0.25) is 9.48 Å². The average Bonchev–Trinajstić information content (AvgIpc) is 2.92. The largest absolute Gasteiger partial charge is 0.481 e. The molecule has 0 radical (unpaired) electrons. The first-order chi connectivity index (χ1) is 9.41. The fourth-order valence-electron chi connectivity index (χ4n) is 2.07. The van der Waals surface area contributed by atoms with Gasteiger partial charge in [0.2, 0.25) is 0 Å². The van der Waals surface area contributed by atoms with Gasteiger partial charge in [0.1, 0.15) is 0 Å². The Labute approximate surface area is 116 Å². The van der Waals surface area contributed by atoms with E-state index in [0.29, 0.717) is 18.8 Å². The number of tetrazole rings is 1. The smallest absolute Gasteiger partial charge is 0.306 e. The highest BCUT2D eigenvalue weighted by Gasteiger charge is 2.19. The summed E-state index contributed by atoms with van der Waals surface area (Å²) in [5.74, 6) is -0.609. The van der Waals surface area contributed by atoms with Crippen molar-refractivity contribution in [2.75, 3.05) is 0 Å². The van der Waals surface area contributed by atoms with Gasteiger partial charge in [-0.1, -0.05) is 6.92 Å². The second-order valence-corrected chi connectivity index (χ2v) is 4.92. The fraction of sp³-hybridized carbons (Fsp3) is 0.583. The summed E-state index contributed by atoms with van der Waals surface area (Å²) in [5, 5.41) is 24.9. The number of hydrogen-bond acceptors (Lipinski definition) is 5. The summed E-state index contributed by atoms with van der Waals surface area (Å²) in [6, 6.07) is 0. The van der Waals surface area contributed by atoms with Crippen molar-refractivity contribution < 1.29 is 9.90 Å². The molecular weight excluding hydrogens is 260 g/mol. The Morgan fingerprint density at radius 1 is 1.40 bits per heavy atom. The molecule has 0 spiro atoms. The number of rotatable bonds is 5. The summed E-state index contributed by atoms with van der Waals surface area (Å²) < 4.78 is 3.42. The molecule has 8 nitrogen and oxygen atoms in total. The van der Waals surface area contributed by atoms with Crippen LogP contribution in [0.15, 0.2) is 0 Å². The van der Waals surface area contributed by atoms with Crippen LogP contribution in [-0.2, 0) is 18.4 Å². The highest BCUT2D eigenvalue weighted by atomic mass is 16.4. The molecule has 2 heterocycles. The van der Waals surface area contributed by atoms with Gasteiger partial charge in [-0.05, 0) is 30.7 Å². The first-order valence-corrected chi connectivity index (χ1v) is 6.41. The summed E-state index contributed by atoms with van der Waals surface area (Å²) in [4.78, 5) is 10.9. The minimum Gasteiger partial charge on any atom is -0.481 e. The third-order valence-electron chi connectivity index (χ3n) is 3.46. The Balaban J connectivity index is 2.27. The van der Waals surface area contributed by atoms with Crippen molar-refractivity contribution in [3.05, 3.63) is 11.4 Å². The lowest BCUT2D eigenvalue weighted by Gasteiger charge is -2.07. The molecule has 0 aliphatic heterocycles. The van der Waals surface area contributed by atoms with Gasteiger partial charge in [-0.2, -0.15) is 5.10 Å². The zero-order chi connectivity index (χ0) is 14.9. The molecule has 0 aliphatic carbocycles. The molecule has 0 saturated carbocycles. The molecule has 0 bridgehead atoms. The first kappa shape index (κ1) is 14.2. The normalized spacial score (nSPS) is 12.6. The molecular formula is C12H18N6O2. The molecule has 8 heteroatoms. The van der Waals surface area contributed by atoms with E-state index >= 15 is 0 Å². The fourth-order valence-corrected chi connectivity index (χ4v) is 2.07. The number of carboxylic acid groups (broad SMARTS) is 1. The van der Waals surface area contributed by atoms with Crippen LogP contribution in [0.2, 0.25) is 0 Å². The summed E-state index contributed by atoms with van der Waals surface area (Å²) in [6.07, 6.45) is 0.478. The van der Waals surface area contributed by atoms with Gasteiger partial charge >= 0.3 is 5.97 Å². The van der Waals surface area contributed by atoms with Crippen LogP contribution in [0, 0.1) is 19.8 Å². The van der Waals surface area contributed by atoms with Gasteiger partial charge < -0.3 is 5.11 Å². The van der Waals surface area contributed by atoms with Crippen LogP contribution in [0.3, 0.4) is 0 Å². The Hall–Kier alpha value is -2.25. The van der Waals surface area contributed by atoms with Crippen LogP contribution < -0.4 is 0 Å². The maximum Gasteiger partial charge on any atom is 0.306 e. The number of aliphatic carboxylic acids is 1. The molecule has 2 aromatic rings. The second-order valence-electron chi connectivity index (χ2n) is 4.92. The van der Waals surface area contributed by atoms with Crippen molar-refractivity contribution in [3.8, 4) is 11.4 Å². The SMILES string of the molecule is Cc1nn(C)c(C)c1-c1nnnn1CCC(C)C(=O)O. The third kappa shape index (κ3) is 2.54. The van der Waals surface area contributed by atoms with Crippen LogP contribution >= 0.6 is 0 Å². The standard InChI is InChI=1S/C12H18N6O2/c1-7(12(19)20)5-6-18-11(13-15-16-18)10-8(2)14-17(4)9(10)3/h7H,5-6H2,1-4H3,(H,19,20). The Morgan fingerprint density at radius 2 is 2.10 bits per heavy atom. The maximum absolute atomic E-state index is 10.9. The molecule has 1 unspecified atom stereocenters. The van der Waals surface area contributed by atoms with Crippen molar-refractivity contribution in [3.63, 3.8) is 0 Å². The maximum atomic E-state index is 10.9. The highest BCUT2D eigenvalue weighted by Crippen LogP contribution is 2.24. The minimum atomic E-state index is -0.812. The Kier molecular flexibility index (Phi) is 3.82. The van der Waals surface area contributed by atoms with Gasteiger partial charge in [-0.15, -0.1) is 5.10 Å². The molecule has 0 fully saturated rings. The van der Waals surface area contributed by atoms with Crippen LogP contribution in [0.5, 0.6) is 0 Å². The zero-order valence-electron chi connectivity index (χ0n) is 12.0. The number of carbonyl (C=O) groups is 1. The van der Waals surface area contributed by atoms with E-state index in [9.17, 15) is 4.79 Å². The van der Waals surface area contributed by atoms with Gasteiger partial charge in [0.15, 0.2) is 5.82 Å². The van der Waals surface area contributed by atoms with E-state index in [2.05, 4.69) is 20.6 Å². The first-order valence-electron chi connectivity index (χ1n) is 6.41. The molecule has 1 atom stereocenters. The summed E-state index contributed by atoms with van der Waals surface area (Å²) in [6.45, 7) is 5.99. The lowest BCUT2D eigenvalue weighted by Crippen LogP contribution is -2.14. The number of aryl methyl sites for hydroxylation is 3. The van der Waals surface area contributed by atoms with Crippen molar-refractivity contribution in [1.82, 2.24) is 30.0 Å². The quantitative estimate of drug-likeness (QED) is 0.868. The van der Waals surface area contributed by atoms with E-state index in [4.69, 9.17) is 5.11 Å². The minimum absolute atomic E-state index is 0.428. The third-order valence-corrected chi connectivity index (χ3v) is 3.46. The van der Waals surface area contributed by atoms with Crippen molar-refractivity contribution in [1.29, 1.82) is 0 Å². The van der Waals surface area contributed by atoms with E-state index in [1.807, 2.05) is 20.9 Å². The average molecular weight is 278 g/mol. The Morgan fingerprint density at radius 3 is 2.65 bits per heavy atom. The van der Waals surface area contributed by atoms with Crippen LogP contribution in [0.4, 0.5) is 0 Å². The van der Waals surface area contributed by atoms with Gasteiger partial charge in [0.05, 0.1) is 17.2 Å². The van der Waals surface area contributed by atoms with Crippen LogP contribution in [0.1, 0.15) is 24.7 Å². The lowest BCUT2D eigenvalue weighted by molar-refractivity contribution is -0.141. The van der Waals surface area contributed by atoms with E-state index in [1.165, 1.54) is 0 Å². The number of aromatic nitrogens is 6.